The van der Waals surface area contributed by atoms with E-state index in [1.165, 1.54) is 9.45 Å². The quantitative estimate of drug-likeness (QED) is 0.633. The number of halogens is 2. The smallest absolute Gasteiger partial charge is 0.147 e. The van der Waals surface area contributed by atoms with Crippen molar-refractivity contribution in [3.05, 3.63) is 37.9 Å². The van der Waals surface area contributed by atoms with Crippen LogP contribution < -0.4 is 5.19 Å². The molecular weight excluding hydrogens is 359 g/mol. The Morgan fingerprint density at radius 1 is 1.20 bits per heavy atom. The monoisotopic (exact) mass is 381 g/mol. The van der Waals surface area contributed by atoms with Crippen molar-refractivity contribution in [2.45, 2.75) is 45.3 Å². The number of allylic oxidation sites excluding steroid dienone is 4. The van der Waals surface area contributed by atoms with Crippen molar-refractivity contribution in [1.29, 1.82) is 0 Å². The average Bonchev–Trinajstić information content (AvgIpc) is 2.83. The molecule has 0 amide bonds. The molecule has 0 saturated heterocycles. The standard InChI is InChI=1S/C15H21SSi.2ClH.Ti/c1-15(2,12-8-6-7-9-12)14-13(10-11-16-14)17(3,4)5;;;/h6,8,10-11H,7H2,1-5H3;2*1H;. The molecule has 0 fully saturated rings. The summed E-state index contributed by atoms with van der Waals surface area (Å²) in [7, 11) is -1.24. The molecule has 2 rings (SSSR count). The molecule has 0 saturated carbocycles. The minimum Gasteiger partial charge on any atom is -0.147 e. The van der Waals surface area contributed by atoms with Gasteiger partial charge >= 0.3 is 128 Å². The molecule has 1 aliphatic rings. The van der Waals surface area contributed by atoms with E-state index in [2.05, 4.69) is 77.5 Å². The Morgan fingerprint density at radius 3 is 2.25 bits per heavy atom. The maximum Gasteiger partial charge on any atom is -0.147 e. The first-order chi connectivity index (χ1) is 8.24. The van der Waals surface area contributed by atoms with Gasteiger partial charge in [0.05, 0.1) is 0 Å². The molecule has 0 aromatic carbocycles. The summed E-state index contributed by atoms with van der Waals surface area (Å²) in [5, 5.41) is 3.91. The van der Waals surface area contributed by atoms with Crippen LogP contribution in [0.25, 0.3) is 0 Å². The second kappa shape index (κ2) is 7.30. The third-order valence-corrected chi connectivity index (χ3v) is 7.84. The van der Waals surface area contributed by atoms with Gasteiger partial charge in [0.2, 0.25) is 0 Å². The fourth-order valence-corrected chi connectivity index (χ4v) is 7.13. The van der Waals surface area contributed by atoms with E-state index in [0.29, 0.717) is 0 Å². The predicted octanol–water partition coefficient (Wildman–Crippen LogP) is 5.18. The van der Waals surface area contributed by atoms with E-state index in [4.69, 9.17) is 0 Å². The topological polar surface area (TPSA) is 0 Å². The van der Waals surface area contributed by atoms with Gasteiger partial charge in [0, 0.05) is 0 Å². The van der Waals surface area contributed by atoms with Crippen molar-refractivity contribution in [1.82, 2.24) is 0 Å². The third-order valence-electron chi connectivity index (χ3n) is 3.65. The zero-order chi connectivity index (χ0) is 13.6. The van der Waals surface area contributed by atoms with Gasteiger partial charge in [0.25, 0.3) is 0 Å². The summed E-state index contributed by atoms with van der Waals surface area (Å²) >= 11 is 4.22. The van der Waals surface area contributed by atoms with Gasteiger partial charge in [-0.05, 0) is 0 Å². The van der Waals surface area contributed by atoms with E-state index in [1.54, 1.807) is 10.1 Å². The Kier molecular flexibility index (Phi) is 7.56. The van der Waals surface area contributed by atoms with Crippen molar-refractivity contribution in [2.75, 3.05) is 0 Å². The van der Waals surface area contributed by atoms with Crippen LogP contribution in [0.1, 0.15) is 25.1 Å². The molecule has 20 heavy (non-hydrogen) atoms. The molecule has 1 aliphatic carbocycles. The van der Waals surface area contributed by atoms with Gasteiger partial charge in [-0.2, -0.15) is 0 Å². The molecule has 1 aromatic rings. The largest absolute Gasteiger partial charge is 0.147 e. The van der Waals surface area contributed by atoms with E-state index < -0.39 is 8.07 Å². The maximum atomic E-state index is 2.44. The van der Waals surface area contributed by atoms with E-state index >= 15 is 0 Å². The molecule has 1 heterocycles. The van der Waals surface area contributed by atoms with Crippen LogP contribution in [-0.2, 0) is 25.9 Å². The minimum absolute atomic E-state index is 0. The van der Waals surface area contributed by atoms with Crippen molar-refractivity contribution in [2.24, 2.45) is 0 Å². The summed E-state index contributed by atoms with van der Waals surface area (Å²) in [5.41, 5.74) is 1.70. The van der Waals surface area contributed by atoms with Crippen LogP contribution in [-0.4, -0.2) is 8.07 Å². The molecule has 0 unspecified atom stereocenters. The van der Waals surface area contributed by atoms with Gasteiger partial charge < -0.3 is 0 Å². The molecule has 1 aromatic heterocycles. The number of thiophene rings is 1. The molecule has 0 N–H and O–H groups in total. The van der Waals surface area contributed by atoms with Crippen LogP contribution in [0.4, 0.5) is 0 Å². The maximum absolute atomic E-state index is 2.44. The number of rotatable bonds is 3. The first-order valence-corrected chi connectivity index (χ1v) is 11.6. The fourth-order valence-electron chi connectivity index (χ4n) is 2.60. The Morgan fingerprint density at radius 2 is 1.80 bits per heavy atom. The van der Waals surface area contributed by atoms with Crippen LogP contribution in [0, 0.1) is 0 Å². The molecule has 0 spiro atoms. The zero-order valence-corrected chi connectivity index (χ0v) is 17.8. The van der Waals surface area contributed by atoms with Crippen LogP contribution in [0.2, 0.25) is 19.6 Å². The van der Waals surface area contributed by atoms with E-state index in [9.17, 15) is 0 Å². The molecule has 111 valence electrons. The summed E-state index contributed by atoms with van der Waals surface area (Å²) in [4.78, 5) is 1.59. The number of hydrogen-bond acceptors (Lipinski definition) is 1. The fraction of sp³-hybridized carbons (Fsp3) is 0.467. The summed E-state index contributed by atoms with van der Waals surface area (Å²) in [6.45, 7) is 12.1. The van der Waals surface area contributed by atoms with Gasteiger partial charge in [-0.1, -0.05) is 0 Å². The van der Waals surface area contributed by atoms with Crippen LogP contribution in [0.5, 0.6) is 0 Å². The van der Waals surface area contributed by atoms with Gasteiger partial charge in [0.1, 0.15) is 0 Å². The summed E-state index contributed by atoms with van der Waals surface area (Å²) in [6.07, 6.45) is 5.77. The van der Waals surface area contributed by atoms with Crippen molar-refractivity contribution >= 4 is 49.4 Å². The first kappa shape index (κ1) is 20.7. The summed E-state index contributed by atoms with van der Waals surface area (Å²) < 4.78 is 1.54. The van der Waals surface area contributed by atoms with Crippen LogP contribution in [0.3, 0.4) is 0 Å². The van der Waals surface area contributed by atoms with Crippen LogP contribution >= 0.6 is 36.2 Å². The zero-order valence-electron chi connectivity index (χ0n) is 12.7. The SMILES string of the molecule is CC(C)(C1=[C]([Ti])CC=C1)c1sccc1[Si](C)(C)C.Cl.Cl. The summed E-state index contributed by atoms with van der Waals surface area (Å²) in [5.74, 6) is 0. The molecule has 0 radical (unpaired) electrons. The van der Waals surface area contributed by atoms with Crippen molar-refractivity contribution < 1.29 is 20.4 Å². The van der Waals surface area contributed by atoms with E-state index in [0.717, 1.165) is 6.42 Å². The average molecular weight is 382 g/mol. The van der Waals surface area contributed by atoms with Crippen molar-refractivity contribution in [3.8, 4) is 0 Å². The van der Waals surface area contributed by atoms with Crippen LogP contribution in [0.15, 0.2) is 33.0 Å². The van der Waals surface area contributed by atoms with Gasteiger partial charge in [-0.25, -0.2) is 0 Å². The second-order valence-electron chi connectivity index (χ2n) is 6.54. The second-order valence-corrected chi connectivity index (χ2v) is 13.4. The first-order valence-electron chi connectivity index (χ1n) is 6.45. The predicted molar refractivity (Wildman–Crippen MR) is 95.6 cm³/mol. The Hall–Kier alpha value is 0.691. The molecule has 0 aliphatic heterocycles. The van der Waals surface area contributed by atoms with Gasteiger partial charge in [-0.15, -0.1) is 24.8 Å². The van der Waals surface area contributed by atoms with Gasteiger partial charge in [0.15, 0.2) is 0 Å². The van der Waals surface area contributed by atoms with Crippen molar-refractivity contribution in [3.63, 3.8) is 0 Å². The van der Waals surface area contributed by atoms with E-state index in [1.807, 2.05) is 11.3 Å². The third kappa shape index (κ3) is 3.91. The molecule has 0 nitrogen and oxygen atoms in total. The normalized spacial score (nSPS) is 15.0. The molecule has 0 bridgehead atoms. The minimum atomic E-state index is -1.24. The number of hydrogen-bond donors (Lipinski definition) is 0. The molecule has 0 atom stereocenters. The molecular formula is C15H23Cl2SSiTi. The van der Waals surface area contributed by atoms with Gasteiger partial charge in [-0.3, -0.25) is 0 Å². The molecule has 5 heteroatoms. The Balaban J connectivity index is 0.00000180. The Bertz CT molecular complexity index is 524. The summed E-state index contributed by atoms with van der Waals surface area (Å²) in [6, 6.07) is 2.36. The van der Waals surface area contributed by atoms with E-state index in [-0.39, 0.29) is 30.2 Å². The Labute approximate surface area is 152 Å².